The number of anilines is 2. The zero-order valence-electron chi connectivity index (χ0n) is 9.80. The molecular weight excluding hydrogens is 248 g/mol. The van der Waals surface area contributed by atoms with Gasteiger partial charge in [-0.3, -0.25) is 0 Å². The first-order valence-corrected chi connectivity index (χ1v) is 6.72. The summed E-state index contributed by atoms with van der Waals surface area (Å²) in [5.41, 5.74) is 10.4. The molecule has 0 unspecified atom stereocenters. The Balaban J connectivity index is 1.72. The molecule has 6 heteroatoms. The Kier molecular flexibility index (Phi) is 3.12. The van der Waals surface area contributed by atoms with Gasteiger partial charge < -0.3 is 15.8 Å². The molecule has 0 amide bonds. The molecule has 18 heavy (non-hydrogen) atoms. The summed E-state index contributed by atoms with van der Waals surface area (Å²) in [6.45, 7) is 1.68. The smallest absolute Gasteiger partial charge is 0.147 e. The zero-order valence-corrected chi connectivity index (χ0v) is 10.6. The first kappa shape index (κ1) is 11.4. The number of hydrogen-bond donors (Lipinski definition) is 2. The number of nitrogens with one attached hydrogen (secondary N) is 1. The summed E-state index contributed by atoms with van der Waals surface area (Å²) < 4.78 is 5.36. The van der Waals surface area contributed by atoms with Gasteiger partial charge in [-0.2, -0.15) is 0 Å². The Morgan fingerprint density at radius 3 is 3.00 bits per heavy atom. The summed E-state index contributed by atoms with van der Waals surface area (Å²) in [4.78, 5) is 0. The molecule has 5 nitrogen and oxygen atoms in total. The molecule has 1 aromatic carbocycles. The molecule has 2 heterocycles. The summed E-state index contributed by atoms with van der Waals surface area (Å²) >= 11 is 1.50. The standard InChI is InChI=1S/C12H14N4OS/c13-10-5-8(12-16-15-7-18-12)1-2-11(10)14-6-9-3-4-17-9/h1-2,5,7,9,14H,3-4,6,13H2/t9-/m0/s1. The second-order valence-electron chi connectivity index (χ2n) is 4.21. The van der Waals surface area contributed by atoms with Crippen molar-refractivity contribution in [3.63, 3.8) is 0 Å². The van der Waals surface area contributed by atoms with E-state index in [-0.39, 0.29) is 0 Å². The van der Waals surface area contributed by atoms with E-state index in [1.807, 2.05) is 18.2 Å². The lowest BCUT2D eigenvalue weighted by molar-refractivity contribution is -0.0410. The third-order valence-electron chi connectivity index (χ3n) is 2.97. The lowest BCUT2D eigenvalue weighted by atomic mass is 10.1. The van der Waals surface area contributed by atoms with Crippen LogP contribution in [-0.4, -0.2) is 29.5 Å². The van der Waals surface area contributed by atoms with Crippen molar-refractivity contribution in [2.45, 2.75) is 12.5 Å². The van der Waals surface area contributed by atoms with E-state index in [0.29, 0.717) is 6.10 Å². The van der Waals surface area contributed by atoms with Crippen LogP contribution in [0.2, 0.25) is 0 Å². The van der Waals surface area contributed by atoms with Crippen molar-refractivity contribution in [3.8, 4) is 10.6 Å². The van der Waals surface area contributed by atoms with Crippen LogP contribution in [-0.2, 0) is 4.74 Å². The van der Waals surface area contributed by atoms with Crippen molar-refractivity contribution in [1.29, 1.82) is 0 Å². The van der Waals surface area contributed by atoms with Crippen LogP contribution in [0.3, 0.4) is 0 Å². The number of nitrogen functional groups attached to an aromatic ring is 1. The van der Waals surface area contributed by atoms with Gasteiger partial charge in [0.15, 0.2) is 0 Å². The molecule has 0 aliphatic carbocycles. The Morgan fingerprint density at radius 1 is 1.50 bits per heavy atom. The lowest BCUT2D eigenvalue weighted by Crippen LogP contribution is -2.33. The second-order valence-corrected chi connectivity index (χ2v) is 5.04. The van der Waals surface area contributed by atoms with Crippen LogP contribution in [0, 0.1) is 0 Å². The Bertz CT molecular complexity index is 525. The molecular formula is C12H14N4OS. The van der Waals surface area contributed by atoms with E-state index < -0.39 is 0 Å². The van der Waals surface area contributed by atoms with Crippen molar-refractivity contribution < 1.29 is 4.74 Å². The maximum atomic E-state index is 6.03. The third kappa shape index (κ3) is 2.30. The number of nitrogens with zero attached hydrogens (tertiary/aromatic N) is 2. The highest BCUT2D eigenvalue weighted by atomic mass is 32.1. The summed E-state index contributed by atoms with van der Waals surface area (Å²) in [5, 5.41) is 12.0. The van der Waals surface area contributed by atoms with Gasteiger partial charge in [0.2, 0.25) is 0 Å². The van der Waals surface area contributed by atoms with E-state index in [0.717, 1.165) is 41.5 Å². The first-order valence-electron chi connectivity index (χ1n) is 5.84. The van der Waals surface area contributed by atoms with E-state index in [2.05, 4.69) is 15.5 Å². The number of aromatic nitrogens is 2. The number of nitrogens with two attached hydrogens (primary N) is 1. The van der Waals surface area contributed by atoms with Crippen LogP contribution in [0.4, 0.5) is 11.4 Å². The van der Waals surface area contributed by atoms with Gasteiger partial charge in [0.1, 0.15) is 10.5 Å². The van der Waals surface area contributed by atoms with Crippen LogP contribution in [0.15, 0.2) is 23.7 Å². The summed E-state index contributed by atoms with van der Waals surface area (Å²) in [6.07, 6.45) is 1.45. The molecule has 0 saturated carbocycles. The molecule has 3 N–H and O–H groups in total. The first-order chi connectivity index (χ1) is 8.83. The van der Waals surface area contributed by atoms with Crippen LogP contribution < -0.4 is 11.1 Å². The van der Waals surface area contributed by atoms with E-state index in [4.69, 9.17) is 10.5 Å². The molecule has 3 rings (SSSR count). The van der Waals surface area contributed by atoms with Crippen LogP contribution >= 0.6 is 11.3 Å². The van der Waals surface area contributed by atoms with Crippen LogP contribution in [0.5, 0.6) is 0 Å². The molecule has 0 radical (unpaired) electrons. The van der Waals surface area contributed by atoms with E-state index in [1.165, 1.54) is 11.3 Å². The summed E-state index contributed by atoms with van der Waals surface area (Å²) in [7, 11) is 0. The Morgan fingerprint density at radius 2 is 2.39 bits per heavy atom. The van der Waals surface area contributed by atoms with Gasteiger partial charge in [0, 0.05) is 18.7 Å². The minimum atomic E-state index is 0.326. The molecule has 0 bridgehead atoms. The average molecular weight is 262 g/mol. The second kappa shape index (κ2) is 4.91. The van der Waals surface area contributed by atoms with E-state index >= 15 is 0 Å². The normalized spacial score (nSPS) is 18.3. The molecule has 0 spiro atoms. The molecule has 1 fully saturated rings. The number of ether oxygens (including phenoxy) is 1. The van der Waals surface area contributed by atoms with Gasteiger partial charge in [0.05, 0.1) is 17.5 Å². The predicted octanol–water partition coefficient (Wildman–Crippen LogP) is 1.99. The van der Waals surface area contributed by atoms with Gasteiger partial charge in [0.25, 0.3) is 0 Å². The van der Waals surface area contributed by atoms with Crippen LogP contribution in [0.1, 0.15) is 6.42 Å². The van der Waals surface area contributed by atoms with Gasteiger partial charge >= 0.3 is 0 Å². The highest BCUT2D eigenvalue weighted by molar-refractivity contribution is 7.12. The fourth-order valence-electron chi connectivity index (χ4n) is 1.82. The van der Waals surface area contributed by atoms with Crippen molar-refractivity contribution in [3.05, 3.63) is 23.7 Å². The maximum Gasteiger partial charge on any atom is 0.147 e. The SMILES string of the molecule is Nc1cc(-c2nncs2)ccc1NC[C@@H]1CCO1. The molecule has 1 atom stereocenters. The highest BCUT2D eigenvalue weighted by Crippen LogP contribution is 2.28. The molecule has 1 aliphatic rings. The van der Waals surface area contributed by atoms with E-state index in [9.17, 15) is 0 Å². The molecule has 1 saturated heterocycles. The molecule has 1 aromatic heterocycles. The van der Waals surface area contributed by atoms with E-state index in [1.54, 1.807) is 5.51 Å². The number of benzene rings is 1. The number of hydrogen-bond acceptors (Lipinski definition) is 6. The Hall–Kier alpha value is -1.66. The zero-order chi connectivity index (χ0) is 12.4. The molecule has 1 aliphatic heterocycles. The van der Waals surface area contributed by atoms with Crippen molar-refractivity contribution >= 4 is 22.7 Å². The minimum absolute atomic E-state index is 0.326. The van der Waals surface area contributed by atoms with Gasteiger partial charge in [-0.15, -0.1) is 10.2 Å². The fraction of sp³-hybridized carbons (Fsp3) is 0.333. The topological polar surface area (TPSA) is 73.1 Å². The Labute approximate surface area is 109 Å². The maximum absolute atomic E-state index is 6.03. The number of rotatable bonds is 4. The quantitative estimate of drug-likeness (QED) is 0.824. The summed E-state index contributed by atoms with van der Waals surface area (Å²) in [5.74, 6) is 0. The van der Waals surface area contributed by atoms with Crippen molar-refractivity contribution in [2.24, 2.45) is 0 Å². The minimum Gasteiger partial charge on any atom is -0.397 e. The van der Waals surface area contributed by atoms with Crippen LogP contribution in [0.25, 0.3) is 10.6 Å². The van der Waals surface area contributed by atoms with Gasteiger partial charge in [-0.1, -0.05) is 11.3 Å². The fourth-order valence-corrected chi connectivity index (χ4v) is 2.38. The van der Waals surface area contributed by atoms with Gasteiger partial charge in [-0.25, -0.2) is 0 Å². The largest absolute Gasteiger partial charge is 0.397 e. The monoisotopic (exact) mass is 262 g/mol. The van der Waals surface area contributed by atoms with Gasteiger partial charge in [-0.05, 0) is 24.6 Å². The predicted molar refractivity (Wildman–Crippen MR) is 72.6 cm³/mol. The highest BCUT2D eigenvalue weighted by Gasteiger charge is 2.17. The third-order valence-corrected chi connectivity index (χ3v) is 3.71. The van der Waals surface area contributed by atoms with Crippen molar-refractivity contribution in [2.75, 3.05) is 24.2 Å². The molecule has 2 aromatic rings. The van der Waals surface area contributed by atoms with Crippen molar-refractivity contribution in [1.82, 2.24) is 10.2 Å². The average Bonchev–Trinajstić information content (AvgIpc) is 2.82. The lowest BCUT2D eigenvalue weighted by Gasteiger charge is -2.27. The summed E-state index contributed by atoms with van der Waals surface area (Å²) in [6, 6.07) is 5.90. The molecule has 94 valence electrons.